The molecule has 0 unspecified atom stereocenters. The maximum atomic E-state index is 12.6. The minimum Gasteiger partial charge on any atom is -0.481 e. The zero-order valence-electron chi connectivity index (χ0n) is 23.9. The largest absolute Gasteiger partial charge is 0.573 e. The summed E-state index contributed by atoms with van der Waals surface area (Å²) in [5, 5.41) is 34.6. The van der Waals surface area contributed by atoms with Crippen LogP contribution in [0.1, 0.15) is 61.3 Å². The van der Waals surface area contributed by atoms with E-state index in [0.717, 1.165) is 47.8 Å². The molecule has 3 aromatic rings. The van der Waals surface area contributed by atoms with E-state index >= 15 is 0 Å². The Hall–Kier alpha value is -4.10. The molecule has 0 amide bonds. The molecule has 5 N–H and O–H groups in total. The normalized spacial score (nSPS) is 19.0. The Balaban J connectivity index is 0.000000331. The van der Waals surface area contributed by atoms with Gasteiger partial charge in [-0.15, -0.1) is 13.2 Å². The van der Waals surface area contributed by atoms with E-state index in [4.69, 9.17) is 20.4 Å². The van der Waals surface area contributed by atoms with Gasteiger partial charge in [-0.2, -0.15) is 0 Å². The fourth-order valence-electron chi connectivity index (χ4n) is 5.77. The molecule has 0 atom stereocenters. The highest BCUT2D eigenvalue weighted by Gasteiger charge is 2.41. The minimum absolute atomic E-state index is 0.0192. The molecule has 1 aromatic heterocycles. The number of hydrogen-bond donors (Lipinski definition) is 5. The molecule has 0 spiro atoms. The molecule has 0 radical (unpaired) electrons. The number of hydrogen-bond acceptors (Lipinski definition) is 6. The van der Waals surface area contributed by atoms with Gasteiger partial charge < -0.3 is 30.1 Å². The lowest BCUT2D eigenvalue weighted by molar-refractivity contribution is -0.274. The van der Waals surface area contributed by atoms with Crippen molar-refractivity contribution in [1.29, 1.82) is 0 Å². The predicted octanol–water partition coefficient (Wildman–Crippen LogP) is 5.24. The zero-order chi connectivity index (χ0) is 32.2. The van der Waals surface area contributed by atoms with Crippen LogP contribution in [0.5, 0.6) is 5.75 Å². The quantitative estimate of drug-likeness (QED) is 0.219. The first kappa shape index (κ1) is 33.4. The molecule has 4 rings (SSSR count). The molecule has 0 bridgehead atoms. The van der Waals surface area contributed by atoms with Crippen LogP contribution in [-0.2, 0) is 19.9 Å². The lowest BCUT2D eigenvalue weighted by Crippen LogP contribution is -2.44. The molecule has 13 heteroatoms. The number of carboxylic acids is 3. The first-order valence-corrected chi connectivity index (χ1v) is 13.5. The molecule has 1 fully saturated rings. The standard InChI is InChI=1S/C24H27F3N2O.C6H8O7/c1-16-20-15-19(30-24(25,26)27)9-10-21(20)28-22(16)17-11-13-23(14-12-17,29(2)3)18-7-5-4-6-8-18;7-3(8)1-6(13,5(11)12)2-4(9)10/h4-10,15,17,28H,11-14H2,1-3H3;13H,1-2H2,(H,7,8)(H,9,10)(H,11,12). The summed E-state index contributed by atoms with van der Waals surface area (Å²) in [6.45, 7) is 1.98. The van der Waals surface area contributed by atoms with E-state index in [2.05, 4.69) is 53.0 Å². The number of nitrogens with one attached hydrogen (secondary N) is 1. The van der Waals surface area contributed by atoms with Gasteiger partial charge in [0.1, 0.15) is 5.75 Å². The van der Waals surface area contributed by atoms with E-state index in [1.165, 1.54) is 17.7 Å². The highest BCUT2D eigenvalue weighted by molar-refractivity contribution is 5.88. The van der Waals surface area contributed by atoms with Gasteiger partial charge in [-0.25, -0.2) is 4.79 Å². The van der Waals surface area contributed by atoms with Gasteiger partial charge in [0.05, 0.1) is 12.8 Å². The number of nitrogens with zero attached hydrogens (tertiary/aromatic N) is 1. The van der Waals surface area contributed by atoms with Crippen LogP contribution >= 0.6 is 0 Å². The van der Waals surface area contributed by atoms with Crippen molar-refractivity contribution in [3.63, 3.8) is 0 Å². The van der Waals surface area contributed by atoms with Crippen LogP contribution in [-0.4, -0.2) is 74.3 Å². The van der Waals surface area contributed by atoms with Gasteiger partial charge in [0.2, 0.25) is 0 Å². The maximum absolute atomic E-state index is 12.6. The average molecular weight is 609 g/mol. The van der Waals surface area contributed by atoms with Gasteiger partial charge in [-0.3, -0.25) is 14.5 Å². The lowest BCUT2D eigenvalue weighted by atomic mass is 9.71. The Morgan fingerprint density at radius 2 is 1.53 bits per heavy atom. The molecule has 1 aliphatic rings. The lowest BCUT2D eigenvalue weighted by Gasteiger charge is -2.45. The van der Waals surface area contributed by atoms with E-state index in [0.29, 0.717) is 5.92 Å². The Morgan fingerprint density at radius 1 is 0.977 bits per heavy atom. The second kappa shape index (κ2) is 13.0. The minimum atomic E-state index is -4.68. The second-order valence-electron chi connectivity index (χ2n) is 11.0. The van der Waals surface area contributed by atoms with Crippen LogP contribution in [0.4, 0.5) is 13.2 Å². The number of fused-ring (bicyclic) bond motifs is 1. The third-order valence-corrected chi connectivity index (χ3v) is 7.98. The van der Waals surface area contributed by atoms with Crippen molar-refractivity contribution in [2.24, 2.45) is 0 Å². The number of halogens is 3. The van der Waals surface area contributed by atoms with Crippen molar-refractivity contribution in [2.75, 3.05) is 14.1 Å². The molecule has 1 aliphatic carbocycles. The van der Waals surface area contributed by atoms with Crippen molar-refractivity contribution in [1.82, 2.24) is 9.88 Å². The molecule has 0 aliphatic heterocycles. The number of aromatic nitrogens is 1. The topological polar surface area (TPSA) is 160 Å². The molecular formula is C30H35F3N2O8. The van der Waals surface area contributed by atoms with Crippen molar-refractivity contribution in [2.45, 2.75) is 68.9 Å². The number of aliphatic carboxylic acids is 3. The van der Waals surface area contributed by atoms with Gasteiger partial charge in [-0.1, -0.05) is 30.3 Å². The molecule has 2 aromatic carbocycles. The Bertz CT molecular complexity index is 1430. The smallest absolute Gasteiger partial charge is 0.481 e. The number of H-pyrrole nitrogens is 1. The summed E-state index contributed by atoms with van der Waals surface area (Å²) in [5.74, 6) is -4.83. The monoisotopic (exact) mass is 608 g/mol. The third-order valence-electron chi connectivity index (χ3n) is 7.98. The number of ether oxygens (including phenoxy) is 1. The van der Waals surface area contributed by atoms with Crippen LogP contribution in [0.3, 0.4) is 0 Å². The van der Waals surface area contributed by atoms with Crippen LogP contribution in [0.25, 0.3) is 10.9 Å². The van der Waals surface area contributed by atoms with Crippen molar-refractivity contribution in [3.05, 3.63) is 65.4 Å². The molecule has 43 heavy (non-hydrogen) atoms. The van der Waals surface area contributed by atoms with Crippen molar-refractivity contribution >= 4 is 28.8 Å². The second-order valence-corrected chi connectivity index (χ2v) is 11.0. The fourth-order valence-corrected chi connectivity index (χ4v) is 5.77. The highest BCUT2D eigenvalue weighted by Crippen LogP contribution is 2.47. The number of aromatic amines is 1. The van der Waals surface area contributed by atoms with Crippen LogP contribution in [0.15, 0.2) is 48.5 Å². The maximum Gasteiger partial charge on any atom is 0.573 e. The van der Waals surface area contributed by atoms with E-state index in [1.807, 2.05) is 13.0 Å². The molecule has 1 heterocycles. The summed E-state index contributed by atoms with van der Waals surface area (Å²) in [4.78, 5) is 36.3. The first-order valence-electron chi connectivity index (χ1n) is 13.5. The molecular weight excluding hydrogens is 573 g/mol. The number of alkyl halides is 3. The Kier molecular flexibility index (Phi) is 10.1. The Morgan fingerprint density at radius 3 is 2.00 bits per heavy atom. The van der Waals surface area contributed by atoms with E-state index < -0.39 is 42.7 Å². The van der Waals surface area contributed by atoms with Crippen LogP contribution in [0, 0.1) is 6.92 Å². The van der Waals surface area contributed by atoms with E-state index in [1.54, 1.807) is 6.07 Å². The van der Waals surface area contributed by atoms with Gasteiger partial charge in [-0.05, 0) is 81.9 Å². The molecule has 1 saturated carbocycles. The zero-order valence-corrected chi connectivity index (χ0v) is 23.9. The van der Waals surface area contributed by atoms with Gasteiger partial charge in [0.15, 0.2) is 5.60 Å². The molecule has 0 saturated heterocycles. The van der Waals surface area contributed by atoms with E-state index in [-0.39, 0.29) is 11.3 Å². The fraction of sp³-hybridized carbons (Fsp3) is 0.433. The molecule has 234 valence electrons. The van der Waals surface area contributed by atoms with E-state index in [9.17, 15) is 27.6 Å². The number of carbonyl (C=O) groups is 3. The Labute approximate surface area is 245 Å². The summed E-state index contributed by atoms with van der Waals surface area (Å²) < 4.78 is 41.8. The third kappa shape index (κ3) is 8.05. The predicted molar refractivity (Wildman–Crippen MR) is 150 cm³/mol. The summed E-state index contributed by atoms with van der Waals surface area (Å²) in [7, 11) is 4.29. The SMILES string of the molecule is Cc1c(C2CCC(c3ccccc3)(N(C)C)CC2)[nH]c2ccc(OC(F)(F)F)cc12.O=C(O)CC(O)(CC(=O)O)C(=O)O. The summed E-state index contributed by atoms with van der Waals surface area (Å²) >= 11 is 0. The van der Waals surface area contributed by atoms with Gasteiger partial charge >= 0.3 is 24.3 Å². The molecule has 10 nitrogen and oxygen atoms in total. The van der Waals surface area contributed by atoms with Gasteiger partial charge in [0, 0.05) is 22.1 Å². The number of rotatable bonds is 9. The summed E-state index contributed by atoms with van der Waals surface area (Å²) in [5.41, 5.74) is 1.62. The summed E-state index contributed by atoms with van der Waals surface area (Å²) in [6.07, 6.45) is -2.86. The average Bonchev–Trinajstić information content (AvgIpc) is 3.23. The number of aliphatic hydroxyl groups is 1. The highest BCUT2D eigenvalue weighted by atomic mass is 19.4. The number of carboxylic acid groups (broad SMARTS) is 3. The van der Waals surface area contributed by atoms with Gasteiger partial charge in [0.25, 0.3) is 0 Å². The van der Waals surface area contributed by atoms with Crippen LogP contribution < -0.4 is 4.74 Å². The summed E-state index contributed by atoms with van der Waals surface area (Å²) in [6, 6.07) is 15.2. The first-order chi connectivity index (χ1) is 20.0. The number of aryl methyl sites for hydroxylation is 1. The van der Waals surface area contributed by atoms with Crippen LogP contribution in [0.2, 0.25) is 0 Å². The van der Waals surface area contributed by atoms with Crippen molar-refractivity contribution < 1.29 is 52.7 Å². The van der Waals surface area contributed by atoms with Crippen molar-refractivity contribution in [3.8, 4) is 5.75 Å². The number of benzene rings is 2.